The van der Waals surface area contributed by atoms with E-state index in [1.54, 1.807) is 23.6 Å². The van der Waals surface area contributed by atoms with E-state index in [-0.39, 0.29) is 5.41 Å². The Morgan fingerprint density at radius 3 is 2.63 bits per heavy atom. The zero-order valence-electron chi connectivity index (χ0n) is 11.4. The van der Waals surface area contributed by atoms with Gasteiger partial charge in [-0.05, 0) is 11.6 Å². The van der Waals surface area contributed by atoms with E-state index in [2.05, 4.69) is 41.4 Å². The molecule has 2 rings (SSSR count). The van der Waals surface area contributed by atoms with Gasteiger partial charge in [0.25, 0.3) is 0 Å². The van der Waals surface area contributed by atoms with Crippen LogP contribution in [-0.4, -0.2) is 9.97 Å². The number of aromatic nitrogens is 2. The minimum Gasteiger partial charge on any atom is -0.307 e. The number of halogens is 1. The molecule has 0 fully saturated rings. The number of nitrogens with zero attached hydrogens (tertiary/aromatic N) is 2. The summed E-state index contributed by atoms with van der Waals surface area (Å²) in [5.41, 5.74) is 2.34. The van der Waals surface area contributed by atoms with Gasteiger partial charge in [0.2, 0.25) is 0 Å². The Balaban J connectivity index is 1.86. The third-order valence-electron chi connectivity index (χ3n) is 2.62. The summed E-state index contributed by atoms with van der Waals surface area (Å²) < 4.78 is 0. The Morgan fingerprint density at radius 2 is 2.05 bits per heavy atom. The van der Waals surface area contributed by atoms with Crippen molar-refractivity contribution in [2.45, 2.75) is 39.3 Å². The molecule has 2 heterocycles. The van der Waals surface area contributed by atoms with Crippen LogP contribution in [-0.2, 0) is 18.5 Å². The van der Waals surface area contributed by atoms with E-state index in [1.807, 2.05) is 6.07 Å². The van der Waals surface area contributed by atoms with Gasteiger partial charge in [-0.25, -0.2) is 9.97 Å². The van der Waals surface area contributed by atoms with Crippen LogP contribution in [0.2, 0.25) is 5.15 Å². The van der Waals surface area contributed by atoms with Crippen LogP contribution < -0.4 is 5.32 Å². The van der Waals surface area contributed by atoms with Gasteiger partial charge in [0, 0.05) is 30.1 Å². The van der Waals surface area contributed by atoms with E-state index in [0.717, 1.165) is 24.3 Å². The van der Waals surface area contributed by atoms with E-state index >= 15 is 0 Å². The quantitative estimate of drug-likeness (QED) is 0.872. The van der Waals surface area contributed by atoms with Gasteiger partial charge in [0.1, 0.15) is 5.15 Å². The molecule has 19 heavy (non-hydrogen) atoms. The van der Waals surface area contributed by atoms with Crippen molar-refractivity contribution < 1.29 is 0 Å². The zero-order valence-corrected chi connectivity index (χ0v) is 13.0. The smallest absolute Gasteiger partial charge is 0.129 e. The monoisotopic (exact) mass is 295 g/mol. The lowest BCUT2D eigenvalue weighted by molar-refractivity contribution is 0.579. The molecule has 3 nitrogen and oxygen atoms in total. The molecule has 1 N–H and O–H groups in total. The summed E-state index contributed by atoms with van der Waals surface area (Å²) in [7, 11) is 0. The molecule has 2 aromatic rings. The molecule has 0 saturated heterocycles. The largest absolute Gasteiger partial charge is 0.307 e. The summed E-state index contributed by atoms with van der Waals surface area (Å²) in [5, 5.41) is 7.19. The Labute approximate surface area is 123 Å². The standard InChI is InChI=1S/C14H18ClN3S/c1-14(2,3)13-18-11(9-19-13)8-16-6-10-4-5-12(15)17-7-10/h4-5,7,9,16H,6,8H2,1-3H3. The van der Waals surface area contributed by atoms with Crippen LogP contribution in [0, 0.1) is 0 Å². The van der Waals surface area contributed by atoms with Gasteiger partial charge in [0.05, 0.1) is 10.7 Å². The van der Waals surface area contributed by atoms with E-state index in [4.69, 9.17) is 11.6 Å². The van der Waals surface area contributed by atoms with Gasteiger partial charge in [-0.3, -0.25) is 0 Å². The first kappa shape index (κ1) is 14.4. The minimum atomic E-state index is 0.128. The number of thiazole rings is 1. The van der Waals surface area contributed by atoms with Crippen LogP contribution >= 0.6 is 22.9 Å². The first-order valence-corrected chi connectivity index (χ1v) is 7.47. The van der Waals surface area contributed by atoms with Gasteiger partial charge in [-0.1, -0.05) is 38.4 Å². The van der Waals surface area contributed by atoms with Crippen molar-refractivity contribution in [1.29, 1.82) is 0 Å². The zero-order chi connectivity index (χ0) is 13.9. The maximum atomic E-state index is 5.75. The van der Waals surface area contributed by atoms with Gasteiger partial charge in [-0.2, -0.15) is 0 Å². The third-order valence-corrected chi connectivity index (χ3v) is 4.16. The molecular weight excluding hydrogens is 278 g/mol. The average Bonchev–Trinajstić information content (AvgIpc) is 2.80. The molecule has 5 heteroatoms. The van der Waals surface area contributed by atoms with E-state index in [0.29, 0.717) is 5.15 Å². The molecule has 2 aromatic heterocycles. The fourth-order valence-corrected chi connectivity index (χ4v) is 2.60. The van der Waals surface area contributed by atoms with Crippen molar-refractivity contribution in [3.8, 4) is 0 Å². The number of hydrogen-bond acceptors (Lipinski definition) is 4. The molecule has 0 unspecified atom stereocenters. The van der Waals surface area contributed by atoms with Crippen LogP contribution in [0.5, 0.6) is 0 Å². The lowest BCUT2D eigenvalue weighted by atomic mass is 9.98. The van der Waals surface area contributed by atoms with Gasteiger partial charge in [-0.15, -0.1) is 11.3 Å². The number of nitrogens with one attached hydrogen (secondary N) is 1. The molecule has 0 spiro atoms. The fraction of sp³-hybridized carbons (Fsp3) is 0.429. The van der Waals surface area contributed by atoms with Gasteiger partial charge >= 0.3 is 0 Å². The highest BCUT2D eigenvalue weighted by molar-refractivity contribution is 7.09. The molecule has 102 valence electrons. The van der Waals surface area contributed by atoms with Crippen molar-refractivity contribution in [2.24, 2.45) is 0 Å². The van der Waals surface area contributed by atoms with Crippen LogP contribution in [0.3, 0.4) is 0 Å². The molecule has 0 aliphatic carbocycles. The molecule has 0 radical (unpaired) electrons. The number of rotatable bonds is 4. The van der Waals surface area contributed by atoms with E-state index in [9.17, 15) is 0 Å². The van der Waals surface area contributed by atoms with Crippen LogP contribution in [0.1, 0.15) is 37.0 Å². The summed E-state index contributed by atoms with van der Waals surface area (Å²) >= 11 is 7.47. The number of hydrogen-bond donors (Lipinski definition) is 1. The summed E-state index contributed by atoms with van der Waals surface area (Å²) in [6.07, 6.45) is 1.79. The molecule has 0 atom stereocenters. The molecule has 0 saturated carbocycles. The summed E-state index contributed by atoms with van der Waals surface area (Å²) in [4.78, 5) is 8.70. The normalized spacial score (nSPS) is 11.8. The Hall–Kier alpha value is -0.970. The van der Waals surface area contributed by atoms with Gasteiger partial charge in [0.15, 0.2) is 0 Å². The number of pyridine rings is 1. The molecule has 0 aliphatic heterocycles. The van der Waals surface area contributed by atoms with Crippen molar-refractivity contribution in [3.05, 3.63) is 45.1 Å². The summed E-state index contributed by atoms with van der Waals surface area (Å²) in [6, 6.07) is 3.78. The second-order valence-electron chi connectivity index (χ2n) is 5.49. The lowest BCUT2D eigenvalue weighted by Gasteiger charge is -2.13. The molecule has 0 aliphatic rings. The predicted octanol–water partition coefficient (Wildman–Crippen LogP) is 3.78. The molecule has 0 aromatic carbocycles. The third kappa shape index (κ3) is 4.27. The highest BCUT2D eigenvalue weighted by atomic mass is 35.5. The topological polar surface area (TPSA) is 37.8 Å². The van der Waals surface area contributed by atoms with Crippen LogP contribution in [0.4, 0.5) is 0 Å². The first-order valence-electron chi connectivity index (χ1n) is 6.21. The lowest BCUT2D eigenvalue weighted by Crippen LogP contribution is -2.14. The molecule has 0 amide bonds. The highest BCUT2D eigenvalue weighted by Gasteiger charge is 2.17. The fourth-order valence-electron chi connectivity index (χ4n) is 1.58. The van der Waals surface area contributed by atoms with Crippen molar-refractivity contribution in [3.63, 3.8) is 0 Å². The predicted molar refractivity (Wildman–Crippen MR) is 80.6 cm³/mol. The minimum absolute atomic E-state index is 0.128. The van der Waals surface area contributed by atoms with Crippen LogP contribution in [0.25, 0.3) is 0 Å². The molecule has 0 bridgehead atoms. The maximum Gasteiger partial charge on any atom is 0.129 e. The Kier molecular flexibility index (Phi) is 4.55. The second kappa shape index (κ2) is 5.99. The SMILES string of the molecule is CC(C)(C)c1nc(CNCc2ccc(Cl)nc2)cs1. The summed E-state index contributed by atoms with van der Waals surface area (Å²) in [6.45, 7) is 8.09. The van der Waals surface area contributed by atoms with Crippen molar-refractivity contribution in [2.75, 3.05) is 0 Å². The van der Waals surface area contributed by atoms with Crippen LogP contribution in [0.15, 0.2) is 23.7 Å². The van der Waals surface area contributed by atoms with Gasteiger partial charge < -0.3 is 5.32 Å². The highest BCUT2D eigenvalue weighted by Crippen LogP contribution is 2.25. The van der Waals surface area contributed by atoms with E-state index < -0.39 is 0 Å². The van der Waals surface area contributed by atoms with E-state index in [1.165, 1.54) is 5.01 Å². The maximum absolute atomic E-state index is 5.75. The van der Waals surface area contributed by atoms with Crippen molar-refractivity contribution in [1.82, 2.24) is 15.3 Å². The molecular formula is C14H18ClN3S. The summed E-state index contributed by atoms with van der Waals surface area (Å²) in [5.74, 6) is 0. The second-order valence-corrected chi connectivity index (χ2v) is 6.73. The first-order chi connectivity index (χ1) is 8.95. The Bertz CT molecular complexity index is 528. The average molecular weight is 296 g/mol. The Morgan fingerprint density at radius 1 is 1.26 bits per heavy atom. The van der Waals surface area contributed by atoms with Crippen molar-refractivity contribution >= 4 is 22.9 Å².